The lowest BCUT2D eigenvalue weighted by Gasteiger charge is -2.26. The Bertz CT molecular complexity index is 1090. The lowest BCUT2D eigenvalue weighted by atomic mass is 10.0. The predicted molar refractivity (Wildman–Crippen MR) is 109 cm³/mol. The summed E-state index contributed by atoms with van der Waals surface area (Å²) in [5.41, 5.74) is 3.56. The molecule has 6 nitrogen and oxygen atoms in total. The van der Waals surface area contributed by atoms with Gasteiger partial charge in [0.1, 0.15) is 5.75 Å². The first-order valence-corrected chi connectivity index (χ1v) is 9.58. The molecular formula is C23H22N2O4. The molecule has 2 heterocycles. The molecule has 0 fully saturated rings. The fourth-order valence-corrected chi connectivity index (χ4v) is 3.76. The van der Waals surface area contributed by atoms with Crippen LogP contribution in [0.1, 0.15) is 39.6 Å². The number of pyridine rings is 1. The monoisotopic (exact) mass is 390 g/mol. The first-order chi connectivity index (χ1) is 14.0. The number of carbonyl (C=O) groups excluding carboxylic acids is 2. The van der Waals surface area contributed by atoms with Gasteiger partial charge in [-0.15, -0.1) is 0 Å². The molecule has 148 valence electrons. The third-order valence-electron chi connectivity index (χ3n) is 5.17. The Balaban J connectivity index is 1.44. The number of nitrogens with zero attached hydrogens (tertiary/aromatic N) is 1. The second-order valence-corrected chi connectivity index (χ2v) is 7.09. The molecule has 6 heteroatoms. The quantitative estimate of drug-likeness (QED) is 0.688. The minimum absolute atomic E-state index is 0.156. The summed E-state index contributed by atoms with van der Waals surface area (Å²) in [6.45, 7) is 3.83. The Morgan fingerprint density at radius 2 is 1.90 bits per heavy atom. The maximum Gasteiger partial charge on any atom is 0.340 e. The Morgan fingerprint density at radius 1 is 1.14 bits per heavy atom. The molecule has 0 unspecified atom stereocenters. The van der Waals surface area contributed by atoms with Crippen LogP contribution in [0.4, 0.5) is 0 Å². The standard InChI is InChI=1S/C23H22N2O4/c1-14-16-7-3-5-9-18(16)24-15(2)22(14)23(27)29-13-21(26)25-19-11-12-28-20-10-6-4-8-17(19)20/h3-10,19H,11-13H2,1-2H3,(H,25,26)/t19-/m1/s1. The van der Waals surface area contributed by atoms with Crippen molar-refractivity contribution < 1.29 is 19.1 Å². The number of carbonyl (C=O) groups is 2. The first kappa shape index (κ1) is 18.9. The van der Waals surface area contributed by atoms with Crippen molar-refractivity contribution in [1.82, 2.24) is 10.3 Å². The smallest absolute Gasteiger partial charge is 0.340 e. The van der Waals surface area contributed by atoms with Crippen LogP contribution in [0.5, 0.6) is 5.75 Å². The molecule has 1 aliphatic heterocycles. The number of aromatic nitrogens is 1. The summed E-state index contributed by atoms with van der Waals surface area (Å²) in [6, 6.07) is 15.1. The van der Waals surface area contributed by atoms with E-state index in [9.17, 15) is 9.59 Å². The van der Waals surface area contributed by atoms with E-state index in [1.807, 2.05) is 55.5 Å². The van der Waals surface area contributed by atoms with Gasteiger partial charge in [-0.25, -0.2) is 4.79 Å². The summed E-state index contributed by atoms with van der Waals surface area (Å²) in [5, 5.41) is 3.83. The molecule has 1 aliphatic rings. The van der Waals surface area contributed by atoms with Gasteiger partial charge in [-0.1, -0.05) is 36.4 Å². The van der Waals surface area contributed by atoms with Gasteiger partial charge >= 0.3 is 5.97 Å². The van der Waals surface area contributed by atoms with Crippen molar-refractivity contribution in [3.63, 3.8) is 0 Å². The molecule has 29 heavy (non-hydrogen) atoms. The third-order valence-corrected chi connectivity index (χ3v) is 5.17. The lowest BCUT2D eigenvalue weighted by molar-refractivity contribution is -0.125. The second-order valence-electron chi connectivity index (χ2n) is 7.09. The molecule has 1 amide bonds. The van der Waals surface area contributed by atoms with E-state index < -0.39 is 5.97 Å². The Kier molecular flexibility index (Phi) is 5.16. The van der Waals surface area contributed by atoms with E-state index in [4.69, 9.17) is 9.47 Å². The number of hydrogen-bond acceptors (Lipinski definition) is 5. The first-order valence-electron chi connectivity index (χ1n) is 9.58. The van der Waals surface area contributed by atoms with Gasteiger partial charge in [0.05, 0.1) is 29.4 Å². The average molecular weight is 390 g/mol. The normalized spacial score (nSPS) is 15.3. The van der Waals surface area contributed by atoms with Gasteiger partial charge < -0.3 is 14.8 Å². The zero-order chi connectivity index (χ0) is 20.4. The van der Waals surface area contributed by atoms with E-state index in [0.29, 0.717) is 24.3 Å². The van der Waals surface area contributed by atoms with E-state index in [0.717, 1.165) is 27.8 Å². The zero-order valence-corrected chi connectivity index (χ0v) is 16.4. The zero-order valence-electron chi connectivity index (χ0n) is 16.4. The van der Waals surface area contributed by atoms with Crippen LogP contribution in [0.25, 0.3) is 10.9 Å². The van der Waals surface area contributed by atoms with Gasteiger partial charge in [0.2, 0.25) is 0 Å². The van der Waals surface area contributed by atoms with Crippen LogP contribution >= 0.6 is 0 Å². The number of benzene rings is 2. The van der Waals surface area contributed by atoms with Crippen LogP contribution in [0.15, 0.2) is 48.5 Å². The van der Waals surface area contributed by atoms with Gasteiger partial charge in [-0.2, -0.15) is 0 Å². The summed E-state index contributed by atoms with van der Waals surface area (Å²) in [5.74, 6) is -0.112. The number of fused-ring (bicyclic) bond motifs is 2. The van der Waals surface area contributed by atoms with Crippen LogP contribution in [0.3, 0.4) is 0 Å². The molecule has 0 spiro atoms. The van der Waals surface area contributed by atoms with E-state index in [1.165, 1.54) is 0 Å². The molecule has 3 aromatic rings. The Morgan fingerprint density at radius 3 is 2.76 bits per heavy atom. The second kappa shape index (κ2) is 7.91. The summed E-state index contributed by atoms with van der Waals surface area (Å²) >= 11 is 0. The minimum atomic E-state index is -0.541. The average Bonchev–Trinajstić information content (AvgIpc) is 2.72. The number of para-hydroxylation sites is 2. The molecule has 1 N–H and O–H groups in total. The van der Waals surface area contributed by atoms with Crippen molar-refractivity contribution in [1.29, 1.82) is 0 Å². The van der Waals surface area contributed by atoms with Gasteiger partial charge in [0, 0.05) is 17.4 Å². The molecule has 0 aliphatic carbocycles. The fraction of sp³-hybridized carbons (Fsp3) is 0.261. The largest absolute Gasteiger partial charge is 0.493 e. The van der Waals surface area contributed by atoms with Crippen LogP contribution in [0.2, 0.25) is 0 Å². The maximum atomic E-state index is 12.7. The Labute approximate surface area is 168 Å². The SMILES string of the molecule is Cc1nc2ccccc2c(C)c1C(=O)OCC(=O)N[C@@H]1CCOc2ccccc21. The minimum Gasteiger partial charge on any atom is -0.493 e. The lowest BCUT2D eigenvalue weighted by Crippen LogP contribution is -2.35. The number of amides is 1. The topological polar surface area (TPSA) is 77.5 Å². The molecule has 0 saturated heterocycles. The van der Waals surface area contributed by atoms with Crippen LogP contribution in [0, 0.1) is 13.8 Å². The van der Waals surface area contributed by atoms with E-state index in [2.05, 4.69) is 10.3 Å². The van der Waals surface area contributed by atoms with Gasteiger partial charge in [-0.05, 0) is 31.5 Å². The van der Waals surface area contributed by atoms with Crippen LogP contribution in [-0.2, 0) is 9.53 Å². The van der Waals surface area contributed by atoms with Gasteiger partial charge in [0.25, 0.3) is 5.91 Å². The molecule has 1 atom stereocenters. The highest BCUT2D eigenvalue weighted by Crippen LogP contribution is 2.31. The number of hydrogen-bond donors (Lipinski definition) is 1. The maximum absolute atomic E-state index is 12.7. The van der Waals surface area contributed by atoms with Crippen LogP contribution in [-0.4, -0.2) is 30.1 Å². The molecule has 0 saturated carbocycles. The highest BCUT2D eigenvalue weighted by molar-refractivity contribution is 5.99. The summed E-state index contributed by atoms with van der Waals surface area (Å²) in [7, 11) is 0. The highest BCUT2D eigenvalue weighted by Gasteiger charge is 2.24. The van der Waals surface area contributed by atoms with Crippen molar-refractivity contribution >= 4 is 22.8 Å². The van der Waals surface area contributed by atoms with Crippen LogP contribution < -0.4 is 10.1 Å². The molecule has 0 bridgehead atoms. The van der Waals surface area contributed by atoms with Crippen molar-refractivity contribution in [3.8, 4) is 5.75 Å². The Hall–Kier alpha value is -3.41. The highest BCUT2D eigenvalue weighted by atomic mass is 16.5. The fourth-order valence-electron chi connectivity index (χ4n) is 3.76. The summed E-state index contributed by atoms with van der Waals surface area (Å²) in [4.78, 5) is 29.5. The number of ether oxygens (including phenoxy) is 2. The molecule has 0 radical (unpaired) electrons. The number of aryl methyl sites for hydroxylation is 2. The third kappa shape index (κ3) is 3.78. The van der Waals surface area contributed by atoms with Crippen molar-refractivity contribution in [3.05, 3.63) is 70.9 Å². The summed E-state index contributed by atoms with van der Waals surface area (Å²) in [6.07, 6.45) is 0.670. The van der Waals surface area contributed by atoms with Crippen molar-refractivity contribution in [2.45, 2.75) is 26.3 Å². The number of esters is 1. The van der Waals surface area contributed by atoms with Crippen molar-refractivity contribution in [2.75, 3.05) is 13.2 Å². The molecule has 1 aromatic heterocycles. The molecular weight excluding hydrogens is 368 g/mol. The van der Waals surface area contributed by atoms with E-state index in [-0.39, 0.29) is 18.6 Å². The molecule has 2 aromatic carbocycles. The predicted octanol–water partition coefficient (Wildman–Crippen LogP) is 3.65. The van der Waals surface area contributed by atoms with E-state index in [1.54, 1.807) is 6.92 Å². The van der Waals surface area contributed by atoms with Crippen molar-refractivity contribution in [2.24, 2.45) is 0 Å². The van der Waals surface area contributed by atoms with Gasteiger partial charge in [-0.3, -0.25) is 9.78 Å². The van der Waals surface area contributed by atoms with Gasteiger partial charge in [0.15, 0.2) is 6.61 Å². The number of rotatable bonds is 4. The van der Waals surface area contributed by atoms with E-state index >= 15 is 0 Å². The number of nitrogens with one attached hydrogen (secondary N) is 1. The summed E-state index contributed by atoms with van der Waals surface area (Å²) < 4.78 is 10.9. The molecule has 4 rings (SSSR count).